The molecule has 3 N–H and O–H groups in total. The van der Waals surface area contributed by atoms with E-state index in [9.17, 15) is 5.11 Å². The highest BCUT2D eigenvalue weighted by molar-refractivity contribution is 9.10. The van der Waals surface area contributed by atoms with Crippen molar-refractivity contribution in [1.29, 1.82) is 0 Å². The number of benzene rings is 1. The van der Waals surface area contributed by atoms with Gasteiger partial charge in [-0.2, -0.15) is 0 Å². The average Bonchev–Trinajstić information content (AvgIpc) is 2.03. The van der Waals surface area contributed by atoms with Gasteiger partial charge in [-0.15, -0.1) is 0 Å². The second kappa shape index (κ2) is 4.69. The van der Waals surface area contributed by atoms with Gasteiger partial charge in [0.15, 0.2) is 6.29 Å². The first-order valence-corrected chi connectivity index (χ1v) is 4.34. The van der Waals surface area contributed by atoms with Crippen molar-refractivity contribution in [1.82, 2.24) is 0 Å². The highest BCUT2D eigenvalue weighted by atomic mass is 79.9. The molecule has 0 aliphatic heterocycles. The molecule has 1 aromatic carbocycles. The van der Waals surface area contributed by atoms with Gasteiger partial charge in [0.05, 0.1) is 0 Å². The van der Waals surface area contributed by atoms with Crippen molar-refractivity contribution in [3.8, 4) is 0 Å². The number of hydrogen-bond acceptors (Lipinski definition) is 4. The van der Waals surface area contributed by atoms with Crippen LogP contribution in [0.3, 0.4) is 0 Å². The molecule has 0 bridgehead atoms. The van der Waals surface area contributed by atoms with Crippen molar-refractivity contribution in [3.63, 3.8) is 0 Å². The Hall–Kier alpha value is -0.460. The highest BCUT2D eigenvalue weighted by Crippen LogP contribution is 2.19. The Morgan fingerprint density at radius 1 is 1.23 bits per heavy atom. The Morgan fingerprint density at radius 3 is 2.46 bits per heavy atom. The summed E-state index contributed by atoms with van der Waals surface area (Å²) in [4.78, 5) is 0. The molecular weight excluding hydrogens is 240 g/mol. The topological polar surface area (TPSA) is 69.9 Å². The van der Waals surface area contributed by atoms with E-state index in [1.807, 2.05) is 0 Å². The lowest BCUT2D eigenvalue weighted by molar-refractivity contribution is -0.299. The zero-order valence-electron chi connectivity index (χ0n) is 6.59. The van der Waals surface area contributed by atoms with E-state index in [-0.39, 0.29) is 0 Å². The lowest BCUT2D eigenvalue weighted by atomic mass is 10.2. The fourth-order valence-electron chi connectivity index (χ4n) is 0.854. The highest BCUT2D eigenvalue weighted by Gasteiger charge is 2.11. The molecule has 0 amide bonds. The third-order valence-electron chi connectivity index (χ3n) is 1.38. The smallest absolute Gasteiger partial charge is 0.269 e. The van der Waals surface area contributed by atoms with Crippen molar-refractivity contribution >= 4 is 15.9 Å². The largest absolute Gasteiger partial charge is 0.364 e. The maximum Gasteiger partial charge on any atom is 0.269 e. The Morgan fingerprint density at radius 2 is 1.92 bits per heavy atom. The summed E-state index contributed by atoms with van der Waals surface area (Å²) >= 11 is 3.20. The number of aliphatic hydroxyl groups excluding tert-OH is 2. The van der Waals surface area contributed by atoms with Crippen LogP contribution in [-0.4, -0.2) is 21.8 Å². The van der Waals surface area contributed by atoms with Crippen LogP contribution in [0.1, 0.15) is 11.9 Å². The standard InChI is InChI=1S/C8H9BrO4/c9-6-3-1-2-5(4-6)7(10)13-8(11)12/h1-4,7-8,10-12H. The summed E-state index contributed by atoms with van der Waals surface area (Å²) in [5, 5.41) is 26.1. The van der Waals surface area contributed by atoms with Crippen molar-refractivity contribution in [3.05, 3.63) is 34.3 Å². The average molecular weight is 249 g/mol. The number of aliphatic hydroxyl groups is 3. The van der Waals surface area contributed by atoms with E-state index in [4.69, 9.17) is 10.2 Å². The van der Waals surface area contributed by atoms with Crippen LogP contribution in [0.25, 0.3) is 0 Å². The van der Waals surface area contributed by atoms with E-state index in [2.05, 4.69) is 20.7 Å². The Balaban J connectivity index is 2.71. The van der Waals surface area contributed by atoms with Crippen LogP contribution in [-0.2, 0) is 4.74 Å². The minimum absolute atomic E-state index is 0.447. The van der Waals surface area contributed by atoms with Crippen molar-refractivity contribution in [2.45, 2.75) is 12.8 Å². The fraction of sp³-hybridized carbons (Fsp3) is 0.250. The summed E-state index contributed by atoms with van der Waals surface area (Å²) in [7, 11) is 0. The predicted molar refractivity (Wildman–Crippen MR) is 48.4 cm³/mol. The zero-order valence-corrected chi connectivity index (χ0v) is 8.18. The normalized spacial score (nSPS) is 13.3. The lowest BCUT2D eigenvalue weighted by Gasteiger charge is -2.13. The van der Waals surface area contributed by atoms with Gasteiger partial charge in [-0.3, -0.25) is 4.74 Å². The van der Waals surface area contributed by atoms with Gasteiger partial charge in [-0.1, -0.05) is 28.1 Å². The second-order valence-corrected chi connectivity index (χ2v) is 3.29. The summed E-state index contributed by atoms with van der Waals surface area (Å²) in [5.74, 6) is 0. The summed E-state index contributed by atoms with van der Waals surface area (Å²) in [6, 6.07) is 6.71. The molecule has 0 aromatic heterocycles. The summed E-state index contributed by atoms with van der Waals surface area (Å²) in [6.45, 7) is -1.98. The number of rotatable bonds is 3. The van der Waals surface area contributed by atoms with Crippen molar-refractivity contribution < 1.29 is 20.1 Å². The molecule has 0 radical (unpaired) electrons. The molecule has 1 atom stereocenters. The van der Waals surface area contributed by atoms with Crippen LogP contribution in [0.2, 0.25) is 0 Å². The first-order chi connectivity index (χ1) is 6.09. The van der Waals surface area contributed by atoms with Gasteiger partial charge in [-0.05, 0) is 12.1 Å². The molecule has 0 fully saturated rings. The molecule has 5 heteroatoms. The minimum atomic E-state index is -1.98. The SMILES string of the molecule is OC(O)OC(O)c1cccc(Br)c1. The van der Waals surface area contributed by atoms with Crippen LogP contribution >= 0.6 is 15.9 Å². The Kier molecular flexibility index (Phi) is 3.83. The van der Waals surface area contributed by atoms with Crippen molar-refractivity contribution in [2.24, 2.45) is 0 Å². The third kappa shape index (κ3) is 3.41. The van der Waals surface area contributed by atoms with Crippen LogP contribution in [0.4, 0.5) is 0 Å². The number of halogens is 1. The van der Waals surface area contributed by atoms with Gasteiger partial charge in [0.25, 0.3) is 6.48 Å². The zero-order chi connectivity index (χ0) is 9.84. The quantitative estimate of drug-likeness (QED) is 0.690. The van der Waals surface area contributed by atoms with E-state index >= 15 is 0 Å². The fourth-order valence-corrected chi connectivity index (χ4v) is 1.27. The van der Waals surface area contributed by atoms with E-state index in [0.717, 1.165) is 4.47 Å². The molecule has 0 aliphatic rings. The van der Waals surface area contributed by atoms with Crippen molar-refractivity contribution in [2.75, 3.05) is 0 Å². The molecule has 1 unspecified atom stereocenters. The van der Waals surface area contributed by atoms with E-state index < -0.39 is 12.8 Å². The van der Waals surface area contributed by atoms with E-state index in [1.165, 1.54) is 0 Å². The van der Waals surface area contributed by atoms with Gasteiger partial charge < -0.3 is 15.3 Å². The van der Waals surface area contributed by atoms with Gasteiger partial charge in [0, 0.05) is 10.0 Å². The molecule has 1 aromatic rings. The molecule has 13 heavy (non-hydrogen) atoms. The van der Waals surface area contributed by atoms with Crippen LogP contribution in [0.5, 0.6) is 0 Å². The van der Waals surface area contributed by atoms with Crippen LogP contribution < -0.4 is 0 Å². The van der Waals surface area contributed by atoms with Gasteiger partial charge in [0.1, 0.15) is 0 Å². The molecule has 0 saturated carbocycles. The third-order valence-corrected chi connectivity index (χ3v) is 1.88. The Labute approximate surface area is 83.5 Å². The van der Waals surface area contributed by atoms with E-state index in [0.29, 0.717) is 5.56 Å². The molecule has 0 heterocycles. The predicted octanol–water partition coefficient (Wildman–Crippen LogP) is 0.725. The van der Waals surface area contributed by atoms with E-state index in [1.54, 1.807) is 24.3 Å². The summed E-state index contributed by atoms with van der Waals surface area (Å²) in [6.07, 6.45) is -1.34. The Bertz CT molecular complexity index is 277. The molecule has 4 nitrogen and oxygen atoms in total. The molecule has 72 valence electrons. The van der Waals surface area contributed by atoms with Gasteiger partial charge >= 0.3 is 0 Å². The van der Waals surface area contributed by atoms with Crippen LogP contribution in [0.15, 0.2) is 28.7 Å². The summed E-state index contributed by atoms with van der Waals surface area (Å²) < 4.78 is 5.11. The monoisotopic (exact) mass is 248 g/mol. The second-order valence-electron chi connectivity index (χ2n) is 2.37. The number of ether oxygens (including phenoxy) is 1. The first kappa shape index (κ1) is 10.6. The molecule has 1 rings (SSSR count). The molecule has 0 saturated heterocycles. The lowest BCUT2D eigenvalue weighted by Crippen LogP contribution is -2.14. The molecule has 0 aliphatic carbocycles. The first-order valence-electron chi connectivity index (χ1n) is 3.55. The minimum Gasteiger partial charge on any atom is -0.364 e. The molecule has 0 spiro atoms. The maximum absolute atomic E-state index is 9.25. The number of hydrogen-bond donors (Lipinski definition) is 3. The van der Waals surface area contributed by atoms with Gasteiger partial charge in [-0.25, -0.2) is 0 Å². The summed E-state index contributed by atoms with van der Waals surface area (Å²) in [5.41, 5.74) is 0.447. The van der Waals surface area contributed by atoms with Gasteiger partial charge in [0.2, 0.25) is 0 Å². The van der Waals surface area contributed by atoms with Crippen LogP contribution in [0, 0.1) is 0 Å². The molecular formula is C8H9BrO4. The maximum atomic E-state index is 9.25.